The lowest BCUT2D eigenvalue weighted by atomic mass is 10.1. The molecule has 2 rings (SSSR count). The number of likely N-dealkylation sites (N-methyl/N-ethyl adjacent to an activating group) is 1. The molecule has 17 heavy (non-hydrogen) atoms. The van der Waals surface area contributed by atoms with E-state index in [1.165, 1.54) is 25.9 Å². The zero-order valence-electron chi connectivity index (χ0n) is 10.3. The molecule has 0 bridgehead atoms. The number of halogens is 1. The Kier molecular flexibility index (Phi) is 4.95. The molecular weight excluding hydrogens is 278 g/mol. The van der Waals surface area contributed by atoms with Gasteiger partial charge in [-0.05, 0) is 54.0 Å². The number of hydrogen-bond acceptors (Lipinski definition) is 3. The van der Waals surface area contributed by atoms with E-state index in [0.29, 0.717) is 6.04 Å². The van der Waals surface area contributed by atoms with Gasteiger partial charge in [-0.1, -0.05) is 6.92 Å². The second kappa shape index (κ2) is 6.47. The highest BCUT2D eigenvalue weighted by atomic mass is 79.9. The van der Waals surface area contributed by atoms with Crippen LogP contribution in [0.4, 0.5) is 0 Å². The Bertz CT molecular complexity index is 339. The lowest BCUT2D eigenvalue weighted by Crippen LogP contribution is -2.45. The van der Waals surface area contributed by atoms with Crippen molar-refractivity contribution < 1.29 is 0 Å². The third kappa shape index (κ3) is 4.05. The van der Waals surface area contributed by atoms with Gasteiger partial charge in [0, 0.05) is 29.8 Å². The van der Waals surface area contributed by atoms with Crippen molar-refractivity contribution in [1.29, 1.82) is 0 Å². The molecule has 1 atom stereocenters. The second-order valence-electron chi connectivity index (χ2n) is 4.58. The summed E-state index contributed by atoms with van der Waals surface area (Å²) in [4.78, 5) is 6.89. The van der Waals surface area contributed by atoms with Crippen LogP contribution in [0.25, 0.3) is 0 Å². The SMILES string of the molecule is CCN1CCCC(NCc2ccc(Br)cn2)C1. The Balaban J connectivity index is 1.79. The van der Waals surface area contributed by atoms with Crippen LogP contribution in [0.2, 0.25) is 0 Å². The summed E-state index contributed by atoms with van der Waals surface area (Å²) in [5.41, 5.74) is 1.11. The van der Waals surface area contributed by atoms with E-state index in [1.54, 1.807) is 0 Å². The average Bonchev–Trinajstić information content (AvgIpc) is 2.38. The van der Waals surface area contributed by atoms with Gasteiger partial charge in [-0.15, -0.1) is 0 Å². The summed E-state index contributed by atoms with van der Waals surface area (Å²) < 4.78 is 1.04. The Morgan fingerprint density at radius 3 is 3.12 bits per heavy atom. The van der Waals surface area contributed by atoms with Crippen molar-refractivity contribution in [2.45, 2.75) is 32.4 Å². The smallest absolute Gasteiger partial charge is 0.0542 e. The van der Waals surface area contributed by atoms with Gasteiger partial charge in [0.1, 0.15) is 0 Å². The maximum Gasteiger partial charge on any atom is 0.0542 e. The predicted molar refractivity (Wildman–Crippen MR) is 73.9 cm³/mol. The van der Waals surface area contributed by atoms with E-state index in [2.05, 4.69) is 44.1 Å². The summed E-state index contributed by atoms with van der Waals surface area (Å²) >= 11 is 3.40. The standard InChI is InChI=1S/C13H20BrN3/c1-2-17-7-3-4-13(10-17)16-9-12-6-5-11(14)8-15-12/h5-6,8,13,16H,2-4,7,9-10H2,1H3. The molecule has 1 aliphatic heterocycles. The first-order valence-corrected chi connectivity index (χ1v) is 7.13. The van der Waals surface area contributed by atoms with Crippen molar-refractivity contribution in [1.82, 2.24) is 15.2 Å². The van der Waals surface area contributed by atoms with Gasteiger partial charge in [-0.25, -0.2) is 0 Å². The molecule has 1 aromatic heterocycles. The summed E-state index contributed by atoms with van der Waals surface area (Å²) in [5, 5.41) is 3.60. The van der Waals surface area contributed by atoms with Gasteiger partial charge in [-0.2, -0.15) is 0 Å². The van der Waals surface area contributed by atoms with Crippen molar-refractivity contribution in [2.75, 3.05) is 19.6 Å². The third-order valence-corrected chi connectivity index (χ3v) is 3.78. The molecule has 3 nitrogen and oxygen atoms in total. The number of likely N-dealkylation sites (tertiary alicyclic amines) is 1. The maximum atomic E-state index is 4.38. The predicted octanol–water partition coefficient (Wildman–Crippen LogP) is 2.42. The molecule has 0 spiro atoms. The van der Waals surface area contributed by atoms with Crippen LogP contribution in [-0.4, -0.2) is 35.6 Å². The minimum atomic E-state index is 0.620. The number of nitrogens with zero attached hydrogens (tertiary/aromatic N) is 2. The van der Waals surface area contributed by atoms with Crippen molar-refractivity contribution in [3.05, 3.63) is 28.5 Å². The molecule has 0 radical (unpaired) electrons. The van der Waals surface area contributed by atoms with Crippen LogP contribution in [0.15, 0.2) is 22.8 Å². The van der Waals surface area contributed by atoms with Crippen LogP contribution in [0, 0.1) is 0 Å². The first kappa shape index (κ1) is 13.0. The van der Waals surface area contributed by atoms with Gasteiger partial charge in [0.05, 0.1) is 5.69 Å². The van der Waals surface area contributed by atoms with Crippen LogP contribution < -0.4 is 5.32 Å². The van der Waals surface area contributed by atoms with E-state index >= 15 is 0 Å². The number of hydrogen-bond donors (Lipinski definition) is 1. The quantitative estimate of drug-likeness (QED) is 0.925. The Labute approximate surface area is 112 Å². The Hall–Kier alpha value is -0.450. The fourth-order valence-corrected chi connectivity index (χ4v) is 2.50. The Morgan fingerprint density at radius 2 is 2.41 bits per heavy atom. The van der Waals surface area contributed by atoms with Gasteiger partial charge < -0.3 is 10.2 Å². The van der Waals surface area contributed by atoms with Gasteiger partial charge in [0.15, 0.2) is 0 Å². The molecule has 0 amide bonds. The summed E-state index contributed by atoms with van der Waals surface area (Å²) in [5.74, 6) is 0. The van der Waals surface area contributed by atoms with Crippen molar-refractivity contribution in [3.63, 3.8) is 0 Å². The molecule has 1 N–H and O–H groups in total. The monoisotopic (exact) mass is 297 g/mol. The zero-order chi connectivity index (χ0) is 12.1. The molecule has 4 heteroatoms. The number of nitrogens with one attached hydrogen (secondary N) is 1. The second-order valence-corrected chi connectivity index (χ2v) is 5.50. The van der Waals surface area contributed by atoms with Crippen LogP contribution in [0.5, 0.6) is 0 Å². The van der Waals surface area contributed by atoms with Crippen LogP contribution in [-0.2, 0) is 6.54 Å². The summed E-state index contributed by atoms with van der Waals surface area (Å²) in [6.07, 6.45) is 4.45. The molecule has 1 aliphatic rings. The zero-order valence-corrected chi connectivity index (χ0v) is 11.9. The molecule has 1 saturated heterocycles. The molecule has 1 fully saturated rings. The van der Waals surface area contributed by atoms with Crippen LogP contribution in [0.1, 0.15) is 25.5 Å². The summed E-state index contributed by atoms with van der Waals surface area (Å²) in [6, 6.07) is 4.73. The number of pyridine rings is 1. The van der Waals surface area contributed by atoms with E-state index in [-0.39, 0.29) is 0 Å². The van der Waals surface area contributed by atoms with E-state index < -0.39 is 0 Å². The van der Waals surface area contributed by atoms with Crippen LogP contribution in [0.3, 0.4) is 0 Å². The molecule has 2 heterocycles. The van der Waals surface area contributed by atoms with Gasteiger partial charge >= 0.3 is 0 Å². The Morgan fingerprint density at radius 1 is 1.53 bits per heavy atom. The minimum Gasteiger partial charge on any atom is -0.307 e. The normalized spacial score (nSPS) is 21.6. The van der Waals surface area contributed by atoms with E-state index in [1.807, 2.05) is 12.3 Å². The highest BCUT2D eigenvalue weighted by Crippen LogP contribution is 2.11. The van der Waals surface area contributed by atoms with Gasteiger partial charge in [0.25, 0.3) is 0 Å². The first-order valence-electron chi connectivity index (χ1n) is 6.34. The number of aromatic nitrogens is 1. The molecule has 1 unspecified atom stereocenters. The number of rotatable bonds is 4. The fraction of sp³-hybridized carbons (Fsp3) is 0.615. The van der Waals surface area contributed by atoms with Crippen molar-refractivity contribution in [2.24, 2.45) is 0 Å². The topological polar surface area (TPSA) is 28.2 Å². The maximum absolute atomic E-state index is 4.38. The lowest BCUT2D eigenvalue weighted by Gasteiger charge is -2.32. The largest absolute Gasteiger partial charge is 0.307 e. The van der Waals surface area contributed by atoms with E-state index in [9.17, 15) is 0 Å². The fourth-order valence-electron chi connectivity index (χ4n) is 2.27. The van der Waals surface area contributed by atoms with Gasteiger partial charge in [0.2, 0.25) is 0 Å². The average molecular weight is 298 g/mol. The van der Waals surface area contributed by atoms with E-state index in [0.717, 1.165) is 23.3 Å². The highest BCUT2D eigenvalue weighted by molar-refractivity contribution is 9.10. The van der Waals surface area contributed by atoms with Crippen LogP contribution >= 0.6 is 15.9 Å². The van der Waals surface area contributed by atoms with Crippen molar-refractivity contribution >= 4 is 15.9 Å². The lowest BCUT2D eigenvalue weighted by molar-refractivity contribution is 0.198. The summed E-state index contributed by atoms with van der Waals surface area (Å²) in [7, 11) is 0. The summed E-state index contributed by atoms with van der Waals surface area (Å²) in [6.45, 7) is 6.70. The molecule has 0 aromatic carbocycles. The molecule has 94 valence electrons. The third-order valence-electron chi connectivity index (χ3n) is 3.31. The molecule has 0 saturated carbocycles. The first-order chi connectivity index (χ1) is 8.28. The van der Waals surface area contributed by atoms with Crippen molar-refractivity contribution in [3.8, 4) is 0 Å². The highest BCUT2D eigenvalue weighted by Gasteiger charge is 2.17. The number of piperidine rings is 1. The molecule has 1 aromatic rings. The molecule has 0 aliphatic carbocycles. The minimum absolute atomic E-state index is 0.620. The van der Waals surface area contributed by atoms with Gasteiger partial charge in [-0.3, -0.25) is 4.98 Å². The van der Waals surface area contributed by atoms with E-state index in [4.69, 9.17) is 0 Å². The molecular formula is C13H20BrN3.